The minimum absolute atomic E-state index is 0.00874. The molecule has 0 radical (unpaired) electrons. The van der Waals surface area contributed by atoms with Crippen LogP contribution in [0.15, 0.2) is 12.3 Å². The van der Waals surface area contributed by atoms with E-state index in [2.05, 4.69) is 4.98 Å². The van der Waals surface area contributed by atoms with E-state index in [1.54, 1.807) is 0 Å². The highest BCUT2D eigenvalue weighted by Crippen LogP contribution is 2.18. The van der Waals surface area contributed by atoms with Crippen molar-refractivity contribution in [2.75, 3.05) is 33.0 Å². The molecular formula is C11H16N4O5. The highest BCUT2D eigenvalue weighted by molar-refractivity contribution is 5.98. The lowest BCUT2D eigenvalue weighted by Gasteiger charge is -2.20. The normalized spacial score (nSPS) is 11.9. The van der Waals surface area contributed by atoms with Crippen LogP contribution < -0.4 is 5.73 Å². The summed E-state index contributed by atoms with van der Waals surface area (Å²) < 4.78 is 4.75. The molecule has 1 aromatic heterocycles. The molecular weight excluding hydrogens is 268 g/mol. The van der Waals surface area contributed by atoms with Gasteiger partial charge in [-0.05, 0) is 0 Å². The van der Waals surface area contributed by atoms with Gasteiger partial charge in [-0.25, -0.2) is 4.98 Å². The number of nitrogen functional groups attached to an aromatic ring is 1. The Bertz CT molecular complexity index is 508. The number of anilines is 1. The number of amides is 1. The molecule has 1 heterocycles. The van der Waals surface area contributed by atoms with E-state index in [-0.39, 0.29) is 30.2 Å². The zero-order chi connectivity index (χ0) is 15.3. The predicted molar refractivity (Wildman–Crippen MR) is 70.1 cm³/mol. The van der Waals surface area contributed by atoms with Gasteiger partial charge >= 0.3 is 0 Å². The quantitative estimate of drug-likeness (QED) is 0.539. The summed E-state index contributed by atoms with van der Waals surface area (Å²) in [7, 11) is 2.87. The van der Waals surface area contributed by atoms with Crippen LogP contribution in [0.2, 0.25) is 0 Å². The van der Waals surface area contributed by atoms with Crippen LogP contribution in [-0.2, 0) is 4.74 Å². The van der Waals surface area contributed by atoms with E-state index >= 15 is 0 Å². The van der Waals surface area contributed by atoms with Gasteiger partial charge in [-0.3, -0.25) is 14.9 Å². The molecule has 0 fully saturated rings. The Morgan fingerprint density at radius 2 is 2.35 bits per heavy atom. The zero-order valence-corrected chi connectivity index (χ0v) is 11.1. The summed E-state index contributed by atoms with van der Waals surface area (Å²) >= 11 is 0. The summed E-state index contributed by atoms with van der Waals surface area (Å²) in [6, 6.07) is 1.06. The molecule has 1 amide bonds. The van der Waals surface area contributed by atoms with Crippen LogP contribution in [0.3, 0.4) is 0 Å². The molecule has 0 aliphatic heterocycles. The maximum absolute atomic E-state index is 12.1. The smallest absolute Gasteiger partial charge is 0.288 e. The number of hydrogen-bond acceptors (Lipinski definition) is 7. The summed E-state index contributed by atoms with van der Waals surface area (Å²) in [5.74, 6) is -0.664. The number of pyridine rings is 1. The van der Waals surface area contributed by atoms with Gasteiger partial charge in [-0.1, -0.05) is 0 Å². The van der Waals surface area contributed by atoms with Crippen molar-refractivity contribution in [3.8, 4) is 0 Å². The van der Waals surface area contributed by atoms with Crippen LogP contribution in [0, 0.1) is 10.1 Å². The molecule has 9 heteroatoms. The van der Waals surface area contributed by atoms with Gasteiger partial charge in [0.2, 0.25) is 0 Å². The van der Waals surface area contributed by atoms with E-state index in [9.17, 15) is 20.0 Å². The van der Waals surface area contributed by atoms with Crippen molar-refractivity contribution in [3.05, 3.63) is 27.9 Å². The number of ether oxygens (including phenoxy) is 1. The van der Waals surface area contributed by atoms with Crippen molar-refractivity contribution < 1.29 is 19.6 Å². The predicted octanol–water partition coefficient (Wildman–Crippen LogP) is -0.349. The molecule has 20 heavy (non-hydrogen) atoms. The molecule has 0 spiro atoms. The van der Waals surface area contributed by atoms with Crippen molar-refractivity contribution >= 4 is 17.4 Å². The van der Waals surface area contributed by atoms with Crippen molar-refractivity contribution in [2.24, 2.45) is 0 Å². The molecule has 1 atom stereocenters. The molecule has 0 saturated heterocycles. The van der Waals surface area contributed by atoms with Gasteiger partial charge < -0.3 is 20.5 Å². The number of aliphatic hydroxyl groups is 1. The highest BCUT2D eigenvalue weighted by Gasteiger charge is 2.21. The van der Waals surface area contributed by atoms with Gasteiger partial charge in [0.1, 0.15) is 12.0 Å². The van der Waals surface area contributed by atoms with Gasteiger partial charge in [0.25, 0.3) is 11.6 Å². The molecule has 0 aliphatic rings. The number of carbonyl (C=O) groups is 1. The Labute approximate surface area is 115 Å². The van der Waals surface area contributed by atoms with Crippen LogP contribution in [0.5, 0.6) is 0 Å². The fourth-order valence-electron chi connectivity index (χ4n) is 1.59. The second kappa shape index (κ2) is 6.78. The van der Waals surface area contributed by atoms with Crippen molar-refractivity contribution in [1.82, 2.24) is 9.88 Å². The lowest BCUT2D eigenvalue weighted by molar-refractivity contribution is -0.385. The molecule has 0 aliphatic carbocycles. The largest absolute Gasteiger partial charge is 0.389 e. The Morgan fingerprint density at radius 1 is 1.70 bits per heavy atom. The second-order valence-electron chi connectivity index (χ2n) is 4.18. The first-order valence-corrected chi connectivity index (χ1v) is 5.69. The van der Waals surface area contributed by atoms with E-state index in [1.165, 1.54) is 19.1 Å². The first-order chi connectivity index (χ1) is 9.36. The molecule has 1 unspecified atom stereocenters. The van der Waals surface area contributed by atoms with Crippen LogP contribution in [0.1, 0.15) is 10.4 Å². The summed E-state index contributed by atoms with van der Waals surface area (Å²) in [5, 5.41) is 20.2. The Morgan fingerprint density at radius 3 is 2.90 bits per heavy atom. The number of nitro groups is 1. The van der Waals surface area contributed by atoms with Gasteiger partial charge in [-0.15, -0.1) is 0 Å². The standard InChI is InChI=1S/C11H16N4O5/c1-14(5-8(16)6-20-2)11(17)9-3-7(15(18)19)4-13-10(9)12/h3-4,8,16H,5-6H2,1-2H3,(H2,12,13). The lowest BCUT2D eigenvalue weighted by atomic mass is 10.2. The maximum atomic E-state index is 12.1. The molecule has 0 saturated carbocycles. The number of methoxy groups -OCH3 is 1. The minimum Gasteiger partial charge on any atom is -0.389 e. The molecule has 0 bridgehead atoms. The van der Waals surface area contributed by atoms with E-state index in [1.807, 2.05) is 0 Å². The Kier molecular flexibility index (Phi) is 5.35. The third-order valence-corrected chi connectivity index (χ3v) is 2.54. The molecule has 1 aromatic rings. The van der Waals surface area contributed by atoms with Gasteiger partial charge in [0, 0.05) is 26.8 Å². The van der Waals surface area contributed by atoms with Crippen LogP contribution >= 0.6 is 0 Å². The SMILES string of the molecule is COCC(O)CN(C)C(=O)c1cc([N+](=O)[O-])cnc1N. The number of nitrogens with two attached hydrogens (primary N) is 1. The van der Waals surface area contributed by atoms with Gasteiger partial charge in [0.15, 0.2) is 0 Å². The molecule has 0 aromatic carbocycles. The van der Waals surface area contributed by atoms with Crippen molar-refractivity contribution in [1.29, 1.82) is 0 Å². The van der Waals surface area contributed by atoms with Crippen molar-refractivity contribution in [2.45, 2.75) is 6.10 Å². The Balaban J connectivity index is 2.90. The minimum atomic E-state index is -0.859. The topological polar surface area (TPSA) is 132 Å². The van der Waals surface area contributed by atoms with Crippen LogP contribution in [0.25, 0.3) is 0 Å². The van der Waals surface area contributed by atoms with E-state index in [0.717, 1.165) is 12.3 Å². The number of nitrogens with zero attached hydrogens (tertiary/aromatic N) is 3. The summed E-state index contributed by atoms with van der Waals surface area (Å²) in [4.78, 5) is 26.9. The molecule has 1 rings (SSSR count). The highest BCUT2D eigenvalue weighted by atomic mass is 16.6. The Hall–Kier alpha value is -2.26. The van der Waals surface area contributed by atoms with Gasteiger partial charge in [0.05, 0.1) is 23.2 Å². The van der Waals surface area contributed by atoms with E-state index in [4.69, 9.17) is 10.5 Å². The summed E-state index contributed by atoms with van der Waals surface area (Å²) in [6.07, 6.45) is 0.119. The molecule has 3 N–H and O–H groups in total. The zero-order valence-electron chi connectivity index (χ0n) is 11.1. The number of aromatic nitrogens is 1. The lowest BCUT2D eigenvalue weighted by Crippen LogP contribution is -2.36. The number of rotatable bonds is 6. The second-order valence-corrected chi connectivity index (χ2v) is 4.18. The molecule has 9 nitrogen and oxygen atoms in total. The number of likely N-dealkylation sites (N-methyl/N-ethyl adjacent to an activating group) is 1. The summed E-state index contributed by atoms with van der Waals surface area (Å²) in [5.41, 5.74) is 5.15. The maximum Gasteiger partial charge on any atom is 0.288 e. The fourth-order valence-corrected chi connectivity index (χ4v) is 1.59. The molecule has 110 valence electrons. The number of hydrogen-bond donors (Lipinski definition) is 2. The number of aliphatic hydroxyl groups excluding tert-OH is 1. The third-order valence-electron chi connectivity index (χ3n) is 2.54. The van der Waals surface area contributed by atoms with Crippen LogP contribution in [-0.4, -0.2) is 59.2 Å². The van der Waals surface area contributed by atoms with Crippen molar-refractivity contribution in [3.63, 3.8) is 0 Å². The monoisotopic (exact) mass is 284 g/mol. The van der Waals surface area contributed by atoms with Gasteiger partial charge in [-0.2, -0.15) is 0 Å². The van der Waals surface area contributed by atoms with E-state index in [0.29, 0.717) is 0 Å². The third kappa shape index (κ3) is 3.87. The summed E-state index contributed by atoms with van der Waals surface area (Å²) in [6.45, 7) is 0.0785. The average molecular weight is 284 g/mol. The first kappa shape index (κ1) is 15.8. The fraction of sp³-hybridized carbons (Fsp3) is 0.455. The average Bonchev–Trinajstić information content (AvgIpc) is 2.38. The number of carbonyl (C=O) groups excluding carboxylic acids is 1. The van der Waals surface area contributed by atoms with E-state index < -0.39 is 16.9 Å². The first-order valence-electron chi connectivity index (χ1n) is 5.69. The van der Waals surface area contributed by atoms with Crippen LogP contribution in [0.4, 0.5) is 11.5 Å².